The molecule has 1 aromatic carbocycles. The number of nitrogens with one attached hydrogen (secondary N) is 2. The lowest BCUT2D eigenvalue weighted by Gasteiger charge is -2.32. The maximum absolute atomic E-state index is 13.4. The van der Waals surface area contributed by atoms with Gasteiger partial charge in [-0.2, -0.15) is 18.2 Å². The fraction of sp³-hybridized carbons (Fsp3) is 0.450. The van der Waals surface area contributed by atoms with E-state index in [0.29, 0.717) is 37.1 Å². The summed E-state index contributed by atoms with van der Waals surface area (Å²) in [5.41, 5.74) is -0.127. The molecule has 0 spiro atoms. The molecule has 31 heavy (non-hydrogen) atoms. The molecule has 0 unspecified atom stereocenters. The molecule has 1 fully saturated rings. The number of thiocarbonyl (C=S) groups is 1. The van der Waals surface area contributed by atoms with Gasteiger partial charge in [-0.25, -0.2) is 4.98 Å². The first-order valence-corrected chi connectivity index (χ1v) is 10.3. The van der Waals surface area contributed by atoms with Crippen molar-refractivity contribution in [3.8, 4) is 11.5 Å². The maximum atomic E-state index is 13.4. The summed E-state index contributed by atoms with van der Waals surface area (Å²) in [6, 6.07) is 6.44. The summed E-state index contributed by atoms with van der Waals surface area (Å²) in [7, 11) is 0. The molecule has 0 bridgehead atoms. The highest BCUT2D eigenvalue weighted by Crippen LogP contribution is 2.33. The summed E-state index contributed by atoms with van der Waals surface area (Å²) >= 11 is 5.24. The zero-order valence-electron chi connectivity index (χ0n) is 16.8. The van der Waals surface area contributed by atoms with E-state index in [2.05, 4.69) is 27.5 Å². The number of benzene rings is 1. The summed E-state index contributed by atoms with van der Waals surface area (Å²) in [5.74, 6) is 1.75. The SMILES string of the molecule is C[C@@H]1CCCN(c2cc(C(F)(F)F)nc(NC(=S)NCc3ccc4c(c3)OCO4)n2)C1. The van der Waals surface area contributed by atoms with Crippen LogP contribution in [0.4, 0.5) is 24.9 Å². The first kappa shape index (κ1) is 21.4. The highest BCUT2D eigenvalue weighted by atomic mass is 32.1. The summed E-state index contributed by atoms with van der Waals surface area (Å²) in [6.07, 6.45) is -2.63. The average molecular weight is 453 g/mol. The number of anilines is 2. The van der Waals surface area contributed by atoms with Gasteiger partial charge in [0.25, 0.3) is 0 Å². The molecule has 3 heterocycles. The lowest BCUT2D eigenvalue weighted by molar-refractivity contribution is -0.141. The fourth-order valence-corrected chi connectivity index (χ4v) is 3.74. The molecule has 0 saturated carbocycles. The third kappa shape index (κ3) is 5.27. The van der Waals surface area contributed by atoms with Crippen LogP contribution < -0.4 is 25.0 Å². The van der Waals surface area contributed by atoms with Crippen LogP contribution in [0.5, 0.6) is 11.5 Å². The van der Waals surface area contributed by atoms with Gasteiger partial charge >= 0.3 is 6.18 Å². The number of alkyl halides is 3. The van der Waals surface area contributed by atoms with Crippen LogP contribution in [-0.4, -0.2) is 35.0 Å². The first-order chi connectivity index (χ1) is 14.8. The number of rotatable bonds is 4. The minimum absolute atomic E-state index is 0.120. The molecule has 0 radical (unpaired) electrons. The standard InChI is InChI=1S/C20H22F3N5O2S/c1-12-3-2-6-28(10-12)17-8-16(20(21,22)23)25-18(26-17)27-19(31)24-9-13-4-5-14-15(7-13)30-11-29-14/h4-5,7-8,12H,2-3,6,9-11H2,1H3,(H2,24,25,26,27,31)/t12-/m1/s1. The van der Waals surface area contributed by atoms with Gasteiger partial charge in [-0.3, -0.25) is 0 Å². The number of nitrogens with zero attached hydrogens (tertiary/aromatic N) is 3. The van der Waals surface area contributed by atoms with Crippen molar-refractivity contribution in [1.82, 2.24) is 15.3 Å². The minimum atomic E-state index is -4.59. The topological polar surface area (TPSA) is 71.5 Å². The molecule has 0 aliphatic carbocycles. The third-order valence-electron chi connectivity index (χ3n) is 5.10. The number of fused-ring (bicyclic) bond motifs is 1. The highest BCUT2D eigenvalue weighted by Gasteiger charge is 2.34. The molecule has 1 aromatic heterocycles. The average Bonchev–Trinajstić information content (AvgIpc) is 3.19. The highest BCUT2D eigenvalue weighted by molar-refractivity contribution is 7.80. The van der Waals surface area contributed by atoms with Gasteiger partial charge in [0, 0.05) is 25.7 Å². The zero-order valence-corrected chi connectivity index (χ0v) is 17.6. The van der Waals surface area contributed by atoms with E-state index in [1.165, 1.54) is 0 Å². The van der Waals surface area contributed by atoms with Crippen LogP contribution in [0.15, 0.2) is 24.3 Å². The van der Waals surface area contributed by atoms with E-state index in [0.717, 1.165) is 24.5 Å². The summed E-state index contributed by atoms with van der Waals surface area (Å²) in [6.45, 7) is 3.91. The van der Waals surface area contributed by atoms with Gasteiger partial charge in [0.15, 0.2) is 22.3 Å². The quantitative estimate of drug-likeness (QED) is 0.675. The monoisotopic (exact) mass is 453 g/mol. The molecule has 2 aromatic rings. The molecule has 2 N–H and O–H groups in total. The van der Waals surface area contributed by atoms with E-state index in [1.54, 1.807) is 6.07 Å². The number of piperidine rings is 1. The van der Waals surface area contributed by atoms with Crippen molar-refractivity contribution in [3.63, 3.8) is 0 Å². The van der Waals surface area contributed by atoms with Crippen LogP contribution in [0.1, 0.15) is 31.0 Å². The van der Waals surface area contributed by atoms with E-state index in [1.807, 2.05) is 17.0 Å². The molecule has 7 nitrogen and oxygen atoms in total. The van der Waals surface area contributed by atoms with Crippen LogP contribution in [-0.2, 0) is 12.7 Å². The van der Waals surface area contributed by atoms with Crippen LogP contribution >= 0.6 is 12.2 Å². The van der Waals surface area contributed by atoms with E-state index in [-0.39, 0.29) is 23.7 Å². The van der Waals surface area contributed by atoms with Gasteiger partial charge in [-0.05, 0) is 48.7 Å². The minimum Gasteiger partial charge on any atom is -0.454 e. The Morgan fingerprint density at radius 3 is 2.81 bits per heavy atom. The van der Waals surface area contributed by atoms with Crippen LogP contribution in [0.3, 0.4) is 0 Å². The van der Waals surface area contributed by atoms with Gasteiger partial charge in [-0.1, -0.05) is 13.0 Å². The number of halogens is 3. The maximum Gasteiger partial charge on any atom is 0.433 e. The normalized spacial score (nSPS) is 18.1. The Hall–Kier alpha value is -2.82. The second-order valence-electron chi connectivity index (χ2n) is 7.62. The molecular formula is C20H22F3N5O2S. The Kier molecular flexibility index (Phi) is 6.03. The van der Waals surface area contributed by atoms with Crippen molar-refractivity contribution in [2.45, 2.75) is 32.5 Å². The van der Waals surface area contributed by atoms with Crippen molar-refractivity contribution in [2.75, 3.05) is 30.1 Å². The number of ether oxygens (including phenoxy) is 2. The number of hydrogen-bond donors (Lipinski definition) is 2. The smallest absolute Gasteiger partial charge is 0.433 e. The molecule has 2 aliphatic heterocycles. The molecular weight excluding hydrogens is 431 g/mol. The van der Waals surface area contributed by atoms with E-state index < -0.39 is 11.9 Å². The molecule has 0 amide bonds. The Labute approximate surface area is 183 Å². The van der Waals surface area contributed by atoms with Gasteiger partial charge in [0.2, 0.25) is 12.7 Å². The van der Waals surface area contributed by atoms with Crippen LogP contribution in [0.2, 0.25) is 0 Å². The summed E-state index contributed by atoms with van der Waals surface area (Å²) in [4.78, 5) is 9.77. The van der Waals surface area contributed by atoms with Gasteiger partial charge in [0.05, 0.1) is 0 Å². The number of hydrogen-bond acceptors (Lipinski definition) is 6. The Morgan fingerprint density at radius 2 is 2.03 bits per heavy atom. The summed E-state index contributed by atoms with van der Waals surface area (Å²) in [5, 5.41) is 5.76. The zero-order chi connectivity index (χ0) is 22.0. The fourth-order valence-electron chi connectivity index (χ4n) is 3.57. The molecule has 4 rings (SSSR count). The predicted octanol–water partition coefficient (Wildman–Crippen LogP) is 3.95. The van der Waals surface area contributed by atoms with Crippen molar-refractivity contribution in [3.05, 3.63) is 35.5 Å². The van der Waals surface area contributed by atoms with Gasteiger partial charge < -0.3 is 25.0 Å². The Bertz CT molecular complexity index is 972. The Balaban J connectivity index is 1.46. The van der Waals surface area contributed by atoms with E-state index in [9.17, 15) is 13.2 Å². The molecule has 11 heteroatoms. The third-order valence-corrected chi connectivity index (χ3v) is 5.35. The lowest BCUT2D eigenvalue weighted by atomic mass is 10.0. The van der Waals surface area contributed by atoms with E-state index >= 15 is 0 Å². The largest absolute Gasteiger partial charge is 0.454 e. The second-order valence-corrected chi connectivity index (χ2v) is 8.03. The van der Waals surface area contributed by atoms with Crippen LogP contribution in [0, 0.1) is 5.92 Å². The Morgan fingerprint density at radius 1 is 1.23 bits per heavy atom. The van der Waals surface area contributed by atoms with Gasteiger partial charge in [0.1, 0.15) is 5.82 Å². The summed E-state index contributed by atoms with van der Waals surface area (Å²) < 4.78 is 50.8. The second kappa shape index (κ2) is 8.74. The first-order valence-electron chi connectivity index (χ1n) is 9.92. The van der Waals surface area contributed by atoms with Crippen molar-refractivity contribution in [1.29, 1.82) is 0 Å². The predicted molar refractivity (Wildman–Crippen MR) is 113 cm³/mol. The molecule has 166 valence electrons. The number of aromatic nitrogens is 2. The molecule has 2 aliphatic rings. The molecule has 1 atom stereocenters. The van der Waals surface area contributed by atoms with Crippen LogP contribution in [0.25, 0.3) is 0 Å². The van der Waals surface area contributed by atoms with Crippen molar-refractivity contribution in [2.24, 2.45) is 5.92 Å². The molecule has 1 saturated heterocycles. The van der Waals surface area contributed by atoms with Gasteiger partial charge in [-0.15, -0.1) is 0 Å². The van der Waals surface area contributed by atoms with Crippen molar-refractivity contribution < 1.29 is 22.6 Å². The van der Waals surface area contributed by atoms with Crippen molar-refractivity contribution >= 4 is 29.1 Å². The van der Waals surface area contributed by atoms with E-state index in [4.69, 9.17) is 21.7 Å². The lowest BCUT2D eigenvalue weighted by Crippen LogP contribution is -2.35.